The van der Waals surface area contributed by atoms with Gasteiger partial charge in [-0.1, -0.05) is 0 Å². The molecule has 0 spiro atoms. The molecule has 0 unspecified atom stereocenters. The molecular weight excluding hydrogens is 288 g/mol. The van der Waals surface area contributed by atoms with Crippen LogP contribution in [0.4, 0.5) is 0 Å². The van der Waals surface area contributed by atoms with Crippen LogP contribution >= 0.6 is 0 Å². The zero-order valence-corrected chi connectivity index (χ0v) is 12.4. The predicted molar refractivity (Wildman–Crippen MR) is 77.1 cm³/mol. The number of carbonyl (C=O) groups is 1. The zero-order chi connectivity index (χ0) is 15.9. The standard InChI is InChI=1S/C16H20O6/c1-8-3-2-4-9(21-8)5-10-6-11-14(16(20)22-10)12(17)7-13(18)15(11)19/h7-10,17-19H,2-6H2,1H3/t8-,9+,10-/m0/s1. The van der Waals surface area contributed by atoms with Gasteiger partial charge in [0.25, 0.3) is 0 Å². The molecule has 1 saturated heterocycles. The van der Waals surface area contributed by atoms with Gasteiger partial charge < -0.3 is 24.8 Å². The lowest BCUT2D eigenvalue weighted by atomic mass is 9.92. The molecule has 0 aliphatic carbocycles. The van der Waals surface area contributed by atoms with Crippen molar-refractivity contribution in [1.29, 1.82) is 0 Å². The number of fused-ring (bicyclic) bond motifs is 1. The van der Waals surface area contributed by atoms with Crippen molar-refractivity contribution >= 4 is 5.97 Å². The van der Waals surface area contributed by atoms with Crippen molar-refractivity contribution in [3.63, 3.8) is 0 Å². The van der Waals surface area contributed by atoms with Gasteiger partial charge in [0.1, 0.15) is 17.4 Å². The maximum atomic E-state index is 12.1. The number of hydrogen-bond donors (Lipinski definition) is 3. The molecule has 2 aliphatic rings. The number of cyclic esters (lactones) is 1. The van der Waals surface area contributed by atoms with Gasteiger partial charge >= 0.3 is 5.97 Å². The molecule has 3 atom stereocenters. The molecule has 0 radical (unpaired) electrons. The summed E-state index contributed by atoms with van der Waals surface area (Å²) in [7, 11) is 0. The van der Waals surface area contributed by atoms with E-state index in [1.165, 1.54) is 0 Å². The molecule has 0 amide bonds. The first-order valence-electron chi connectivity index (χ1n) is 7.59. The normalized spacial score (nSPS) is 28.0. The highest BCUT2D eigenvalue weighted by atomic mass is 16.5. The minimum atomic E-state index is -0.678. The van der Waals surface area contributed by atoms with Crippen LogP contribution < -0.4 is 0 Å². The van der Waals surface area contributed by atoms with Gasteiger partial charge in [0.2, 0.25) is 0 Å². The van der Waals surface area contributed by atoms with Crippen molar-refractivity contribution in [3.8, 4) is 17.2 Å². The molecule has 2 heterocycles. The lowest BCUT2D eigenvalue weighted by Crippen LogP contribution is -2.34. The minimum Gasteiger partial charge on any atom is -0.507 e. The Morgan fingerprint density at radius 1 is 1.18 bits per heavy atom. The van der Waals surface area contributed by atoms with Crippen molar-refractivity contribution < 1.29 is 29.6 Å². The van der Waals surface area contributed by atoms with Crippen molar-refractivity contribution in [2.45, 2.75) is 57.3 Å². The Labute approximate surface area is 128 Å². The minimum absolute atomic E-state index is 0.0242. The van der Waals surface area contributed by atoms with Gasteiger partial charge in [-0.3, -0.25) is 0 Å². The lowest BCUT2D eigenvalue weighted by Gasteiger charge is -2.32. The molecule has 1 aromatic carbocycles. The lowest BCUT2D eigenvalue weighted by molar-refractivity contribution is -0.0648. The summed E-state index contributed by atoms with van der Waals surface area (Å²) in [6, 6.07) is 0.946. The van der Waals surface area contributed by atoms with E-state index < -0.39 is 17.8 Å². The number of phenols is 3. The average molecular weight is 308 g/mol. The summed E-state index contributed by atoms with van der Waals surface area (Å²) in [5, 5.41) is 29.3. The summed E-state index contributed by atoms with van der Waals surface area (Å²) in [6.45, 7) is 2.02. The number of ether oxygens (including phenoxy) is 2. The van der Waals surface area contributed by atoms with E-state index in [0.29, 0.717) is 6.42 Å². The third-order valence-corrected chi connectivity index (χ3v) is 4.36. The second kappa shape index (κ2) is 5.68. The number of hydrogen-bond acceptors (Lipinski definition) is 6. The van der Waals surface area contributed by atoms with E-state index in [1.807, 2.05) is 6.92 Å². The van der Waals surface area contributed by atoms with E-state index in [1.54, 1.807) is 0 Å². The fourth-order valence-electron chi connectivity index (χ4n) is 3.30. The van der Waals surface area contributed by atoms with E-state index in [0.717, 1.165) is 25.3 Å². The van der Waals surface area contributed by atoms with Crippen LogP contribution in [0.15, 0.2) is 6.07 Å². The zero-order valence-electron chi connectivity index (χ0n) is 12.4. The predicted octanol–water partition coefficient (Wildman–Crippen LogP) is 2.23. The van der Waals surface area contributed by atoms with Gasteiger partial charge in [-0.05, 0) is 26.2 Å². The van der Waals surface area contributed by atoms with E-state index in [2.05, 4.69) is 0 Å². The first kappa shape index (κ1) is 15.0. The van der Waals surface area contributed by atoms with Gasteiger partial charge in [0, 0.05) is 24.5 Å². The summed E-state index contributed by atoms with van der Waals surface area (Å²) in [5.74, 6) is -1.86. The summed E-state index contributed by atoms with van der Waals surface area (Å²) >= 11 is 0. The third-order valence-electron chi connectivity index (χ3n) is 4.36. The monoisotopic (exact) mass is 308 g/mol. The highest BCUT2D eigenvalue weighted by molar-refractivity contribution is 5.96. The molecule has 1 fully saturated rings. The Morgan fingerprint density at radius 3 is 2.68 bits per heavy atom. The van der Waals surface area contributed by atoms with Crippen LogP contribution in [0.2, 0.25) is 0 Å². The molecule has 6 heteroatoms. The summed E-state index contributed by atoms with van der Waals surface area (Å²) in [5.41, 5.74) is 0.173. The second-order valence-corrected chi connectivity index (χ2v) is 6.08. The number of esters is 1. The van der Waals surface area contributed by atoms with Crippen LogP contribution in [-0.2, 0) is 15.9 Å². The molecule has 3 N–H and O–H groups in total. The maximum absolute atomic E-state index is 12.1. The van der Waals surface area contributed by atoms with Crippen molar-refractivity contribution in [2.75, 3.05) is 0 Å². The number of carbonyl (C=O) groups excluding carboxylic acids is 1. The quantitative estimate of drug-likeness (QED) is 0.440. The van der Waals surface area contributed by atoms with E-state index >= 15 is 0 Å². The van der Waals surface area contributed by atoms with Gasteiger partial charge in [-0.15, -0.1) is 0 Å². The van der Waals surface area contributed by atoms with Crippen LogP contribution in [-0.4, -0.2) is 39.6 Å². The largest absolute Gasteiger partial charge is 0.507 e. The SMILES string of the molecule is C[C@H]1CCC[C@H](C[C@H]2Cc3c(O)c(O)cc(O)c3C(=O)O2)O1. The number of rotatable bonds is 2. The molecular formula is C16H20O6. The topological polar surface area (TPSA) is 96.2 Å². The molecule has 2 aliphatic heterocycles. The van der Waals surface area contributed by atoms with Crippen LogP contribution in [0.1, 0.15) is 48.5 Å². The Morgan fingerprint density at radius 2 is 1.95 bits per heavy atom. The fraction of sp³-hybridized carbons (Fsp3) is 0.562. The first-order valence-corrected chi connectivity index (χ1v) is 7.59. The number of aromatic hydroxyl groups is 3. The molecule has 6 nitrogen and oxygen atoms in total. The van der Waals surface area contributed by atoms with E-state index in [4.69, 9.17) is 9.47 Å². The first-order chi connectivity index (χ1) is 10.5. The summed E-state index contributed by atoms with van der Waals surface area (Å²) in [6.07, 6.45) is 3.63. The Balaban J connectivity index is 1.80. The molecule has 3 rings (SSSR count). The van der Waals surface area contributed by atoms with Crippen LogP contribution in [0, 0.1) is 0 Å². The second-order valence-electron chi connectivity index (χ2n) is 6.08. The molecule has 1 aromatic rings. The molecule has 22 heavy (non-hydrogen) atoms. The Kier molecular flexibility index (Phi) is 3.87. The van der Waals surface area contributed by atoms with Gasteiger partial charge in [-0.25, -0.2) is 4.79 Å². The Hall–Kier alpha value is -1.95. The third kappa shape index (κ3) is 2.70. The maximum Gasteiger partial charge on any atom is 0.342 e. The summed E-state index contributed by atoms with van der Waals surface area (Å²) in [4.78, 5) is 12.1. The van der Waals surface area contributed by atoms with Gasteiger partial charge in [0.05, 0.1) is 12.2 Å². The molecule has 120 valence electrons. The van der Waals surface area contributed by atoms with E-state index in [9.17, 15) is 20.1 Å². The highest BCUT2D eigenvalue weighted by Gasteiger charge is 2.34. The molecule has 0 saturated carbocycles. The molecule has 0 aromatic heterocycles. The Bertz CT molecular complexity index is 597. The van der Waals surface area contributed by atoms with Crippen LogP contribution in [0.3, 0.4) is 0 Å². The summed E-state index contributed by atoms with van der Waals surface area (Å²) < 4.78 is 11.2. The van der Waals surface area contributed by atoms with Crippen LogP contribution in [0.25, 0.3) is 0 Å². The molecule has 0 bridgehead atoms. The highest BCUT2D eigenvalue weighted by Crippen LogP contribution is 2.41. The van der Waals surface area contributed by atoms with E-state index in [-0.39, 0.29) is 41.3 Å². The smallest absolute Gasteiger partial charge is 0.342 e. The van der Waals surface area contributed by atoms with Crippen molar-refractivity contribution in [1.82, 2.24) is 0 Å². The fourth-order valence-corrected chi connectivity index (χ4v) is 3.30. The average Bonchev–Trinajstić information content (AvgIpc) is 2.44. The van der Waals surface area contributed by atoms with Crippen LogP contribution in [0.5, 0.6) is 17.2 Å². The number of phenolic OH excluding ortho intramolecular Hbond substituents is 3. The number of benzene rings is 1. The van der Waals surface area contributed by atoms with Gasteiger partial charge in [0.15, 0.2) is 11.5 Å². The van der Waals surface area contributed by atoms with Gasteiger partial charge in [-0.2, -0.15) is 0 Å². The van der Waals surface area contributed by atoms with Crippen molar-refractivity contribution in [3.05, 3.63) is 17.2 Å². The van der Waals surface area contributed by atoms with Crippen molar-refractivity contribution in [2.24, 2.45) is 0 Å².